The van der Waals surface area contributed by atoms with Gasteiger partial charge in [-0.2, -0.15) is 5.10 Å². The molecule has 0 fully saturated rings. The highest BCUT2D eigenvalue weighted by atomic mass is 32.2. The first kappa shape index (κ1) is 15.6. The molecular weight excluding hydrogens is 284 g/mol. The SMILES string of the molecule is Cc1ccc(C)c(SCC(=O)N(C)Cc2n[nH]c(C)n2)c1. The second-order valence-electron chi connectivity index (χ2n) is 5.14. The van der Waals surface area contributed by atoms with Gasteiger partial charge in [0, 0.05) is 11.9 Å². The van der Waals surface area contributed by atoms with Crippen LogP contribution < -0.4 is 0 Å². The van der Waals surface area contributed by atoms with Crippen LogP contribution in [0, 0.1) is 20.8 Å². The number of amides is 1. The van der Waals surface area contributed by atoms with E-state index in [2.05, 4.69) is 47.2 Å². The van der Waals surface area contributed by atoms with Crippen LogP contribution in [0.4, 0.5) is 0 Å². The van der Waals surface area contributed by atoms with Crippen LogP contribution in [0.1, 0.15) is 22.8 Å². The van der Waals surface area contributed by atoms with Crippen molar-refractivity contribution >= 4 is 17.7 Å². The van der Waals surface area contributed by atoms with Gasteiger partial charge in [-0.1, -0.05) is 17.7 Å². The van der Waals surface area contributed by atoms with Gasteiger partial charge in [-0.25, -0.2) is 4.98 Å². The maximum absolute atomic E-state index is 12.2. The van der Waals surface area contributed by atoms with Gasteiger partial charge in [0.05, 0.1) is 12.3 Å². The number of hydrogen-bond donors (Lipinski definition) is 1. The Morgan fingerprint density at radius 1 is 1.33 bits per heavy atom. The topological polar surface area (TPSA) is 61.9 Å². The highest BCUT2D eigenvalue weighted by molar-refractivity contribution is 8.00. The summed E-state index contributed by atoms with van der Waals surface area (Å²) >= 11 is 1.57. The van der Waals surface area contributed by atoms with E-state index in [1.807, 2.05) is 6.92 Å². The number of carbonyl (C=O) groups excluding carboxylic acids is 1. The Labute approximate surface area is 129 Å². The molecule has 0 radical (unpaired) electrons. The minimum absolute atomic E-state index is 0.0726. The van der Waals surface area contributed by atoms with Crippen LogP contribution in [0.3, 0.4) is 0 Å². The number of benzene rings is 1. The zero-order valence-corrected chi connectivity index (χ0v) is 13.6. The fourth-order valence-corrected chi connectivity index (χ4v) is 2.94. The summed E-state index contributed by atoms with van der Waals surface area (Å²) in [4.78, 5) is 19.2. The van der Waals surface area contributed by atoms with Crippen LogP contribution in [0.5, 0.6) is 0 Å². The molecule has 1 aromatic carbocycles. The Morgan fingerprint density at radius 2 is 2.10 bits per heavy atom. The molecule has 2 rings (SSSR count). The van der Waals surface area contributed by atoms with Gasteiger partial charge in [0.1, 0.15) is 5.82 Å². The average molecular weight is 304 g/mol. The number of aromatic nitrogens is 3. The number of carbonyl (C=O) groups is 1. The molecule has 0 aliphatic carbocycles. The van der Waals surface area contributed by atoms with Crippen molar-refractivity contribution in [3.63, 3.8) is 0 Å². The monoisotopic (exact) mass is 304 g/mol. The number of H-pyrrole nitrogens is 1. The fraction of sp³-hybridized carbons (Fsp3) is 0.400. The molecule has 0 saturated carbocycles. The van der Waals surface area contributed by atoms with Gasteiger partial charge < -0.3 is 4.90 Å². The Bertz CT molecular complexity index is 638. The minimum atomic E-state index is 0.0726. The molecular formula is C15H20N4OS. The molecule has 0 saturated heterocycles. The van der Waals surface area contributed by atoms with E-state index in [-0.39, 0.29) is 5.91 Å². The van der Waals surface area contributed by atoms with E-state index >= 15 is 0 Å². The normalized spacial score (nSPS) is 10.7. The summed E-state index contributed by atoms with van der Waals surface area (Å²) in [6, 6.07) is 6.28. The van der Waals surface area contributed by atoms with Crippen molar-refractivity contribution in [3.05, 3.63) is 41.0 Å². The molecule has 0 aliphatic rings. The summed E-state index contributed by atoms with van der Waals surface area (Å²) in [5, 5.41) is 6.83. The van der Waals surface area contributed by atoms with E-state index in [1.165, 1.54) is 11.1 Å². The van der Waals surface area contributed by atoms with Gasteiger partial charge in [0.15, 0.2) is 5.82 Å². The molecule has 0 unspecified atom stereocenters. The van der Waals surface area contributed by atoms with E-state index < -0.39 is 0 Å². The summed E-state index contributed by atoms with van der Waals surface area (Å²) in [5.41, 5.74) is 2.41. The van der Waals surface area contributed by atoms with Crippen molar-refractivity contribution in [2.24, 2.45) is 0 Å². The van der Waals surface area contributed by atoms with Crippen LogP contribution in [0.25, 0.3) is 0 Å². The summed E-state index contributed by atoms with van der Waals surface area (Å²) in [5.74, 6) is 1.89. The first-order chi connectivity index (χ1) is 9.95. The summed E-state index contributed by atoms with van der Waals surface area (Å²) in [6.07, 6.45) is 0. The molecule has 1 heterocycles. The van der Waals surface area contributed by atoms with Crippen molar-refractivity contribution in [1.82, 2.24) is 20.1 Å². The van der Waals surface area contributed by atoms with Gasteiger partial charge in [-0.05, 0) is 32.4 Å². The summed E-state index contributed by atoms with van der Waals surface area (Å²) < 4.78 is 0. The standard InChI is InChI=1S/C15H20N4OS/c1-10-5-6-11(2)13(7-10)21-9-15(20)19(4)8-14-16-12(3)17-18-14/h5-7H,8-9H2,1-4H3,(H,16,17,18). The molecule has 2 aromatic rings. The van der Waals surface area contributed by atoms with Gasteiger partial charge in [0.25, 0.3) is 0 Å². The Kier molecular flexibility index (Phi) is 5.01. The molecule has 112 valence electrons. The molecule has 0 bridgehead atoms. The van der Waals surface area contributed by atoms with Crippen molar-refractivity contribution in [3.8, 4) is 0 Å². The number of hydrogen-bond acceptors (Lipinski definition) is 4. The fourth-order valence-electron chi connectivity index (χ4n) is 1.87. The van der Waals surface area contributed by atoms with Crippen molar-refractivity contribution < 1.29 is 4.79 Å². The summed E-state index contributed by atoms with van der Waals surface area (Å²) in [6.45, 7) is 6.39. The van der Waals surface area contributed by atoms with Gasteiger partial charge in [-0.15, -0.1) is 11.8 Å². The van der Waals surface area contributed by atoms with Crippen LogP contribution in [0.2, 0.25) is 0 Å². The lowest BCUT2D eigenvalue weighted by molar-refractivity contribution is -0.127. The second-order valence-corrected chi connectivity index (χ2v) is 6.16. The lowest BCUT2D eigenvalue weighted by Crippen LogP contribution is -2.28. The Hall–Kier alpha value is -1.82. The van der Waals surface area contributed by atoms with E-state index in [1.54, 1.807) is 23.7 Å². The molecule has 0 aliphatic heterocycles. The molecule has 21 heavy (non-hydrogen) atoms. The highest BCUT2D eigenvalue weighted by Crippen LogP contribution is 2.23. The van der Waals surface area contributed by atoms with Crippen LogP contribution in [-0.4, -0.2) is 38.8 Å². The average Bonchev–Trinajstić information content (AvgIpc) is 2.84. The van der Waals surface area contributed by atoms with E-state index in [4.69, 9.17) is 0 Å². The van der Waals surface area contributed by atoms with Gasteiger partial charge >= 0.3 is 0 Å². The number of thioether (sulfide) groups is 1. The first-order valence-corrected chi connectivity index (χ1v) is 7.76. The minimum Gasteiger partial charge on any atom is -0.337 e. The number of rotatable bonds is 5. The molecule has 1 amide bonds. The zero-order valence-electron chi connectivity index (χ0n) is 12.8. The quantitative estimate of drug-likeness (QED) is 0.862. The van der Waals surface area contributed by atoms with Crippen LogP contribution in [0.15, 0.2) is 23.1 Å². The number of nitrogens with one attached hydrogen (secondary N) is 1. The highest BCUT2D eigenvalue weighted by Gasteiger charge is 2.12. The Morgan fingerprint density at radius 3 is 2.76 bits per heavy atom. The smallest absolute Gasteiger partial charge is 0.233 e. The predicted octanol–water partition coefficient (Wildman–Crippen LogP) is 2.48. The first-order valence-electron chi connectivity index (χ1n) is 6.77. The zero-order chi connectivity index (χ0) is 15.4. The molecule has 0 spiro atoms. The van der Waals surface area contributed by atoms with Crippen molar-refractivity contribution in [2.75, 3.05) is 12.8 Å². The molecule has 1 aromatic heterocycles. The third kappa shape index (κ3) is 4.32. The Balaban J connectivity index is 1.90. The molecule has 5 nitrogen and oxygen atoms in total. The van der Waals surface area contributed by atoms with Gasteiger partial charge in [0.2, 0.25) is 5.91 Å². The lowest BCUT2D eigenvalue weighted by Gasteiger charge is -2.15. The molecule has 1 N–H and O–H groups in total. The number of aryl methyl sites for hydroxylation is 3. The van der Waals surface area contributed by atoms with E-state index in [0.717, 1.165) is 10.7 Å². The van der Waals surface area contributed by atoms with Gasteiger partial charge in [-0.3, -0.25) is 9.89 Å². The van der Waals surface area contributed by atoms with Crippen molar-refractivity contribution in [2.45, 2.75) is 32.2 Å². The maximum atomic E-state index is 12.2. The molecule has 0 atom stereocenters. The maximum Gasteiger partial charge on any atom is 0.233 e. The van der Waals surface area contributed by atoms with E-state index in [9.17, 15) is 4.79 Å². The van der Waals surface area contributed by atoms with Crippen LogP contribution >= 0.6 is 11.8 Å². The number of aromatic amines is 1. The van der Waals surface area contributed by atoms with Crippen LogP contribution in [-0.2, 0) is 11.3 Å². The third-order valence-corrected chi connectivity index (χ3v) is 4.28. The largest absolute Gasteiger partial charge is 0.337 e. The third-order valence-electron chi connectivity index (χ3n) is 3.14. The summed E-state index contributed by atoms with van der Waals surface area (Å²) in [7, 11) is 1.78. The lowest BCUT2D eigenvalue weighted by atomic mass is 10.2. The van der Waals surface area contributed by atoms with E-state index in [0.29, 0.717) is 18.1 Å². The van der Waals surface area contributed by atoms with Crippen molar-refractivity contribution in [1.29, 1.82) is 0 Å². The number of nitrogens with zero attached hydrogens (tertiary/aromatic N) is 3. The molecule has 6 heteroatoms. The predicted molar refractivity (Wildman–Crippen MR) is 84.2 cm³/mol. The second kappa shape index (κ2) is 6.76.